The van der Waals surface area contributed by atoms with Crippen LogP contribution in [0.1, 0.15) is 63.0 Å². The molecule has 0 heterocycles. The summed E-state index contributed by atoms with van der Waals surface area (Å²) in [5, 5.41) is 31.7. The molecule has 5 nitrogen and oxygen atoms in total. The minimum atomic E-state index is -1.22. The van der Waals surface area contributed by atoms with Gasteiger partial charge in [0.1, 0.15) is 12.4 Å². The Kier molecular flexibility index (Phi) is 9.96. The van der Waals surface area contributed by atoms with Crippen LogP contribution in [0.2, 0.25) is 0 Å². The van der Waals surface area contributed by atoms with E-state index < -0.39 is 12.6 Å². The number of aliphatic hydroxyl groups is 2. The van der Waals surface area contributed by atoms with Crippen LogP contribution in [0.4, 0.5) is 0 Å². The number of hydrogen-bond acceptors (Lipinski definition) is 5. The van der Waals surface area contributed by atoms with Crippen LogP contribution in [0.5, 0.6) is 5.75 Å². The summed E-state index contributed by atoms with van der Waals surface area (Å²) in [5.74, 6) is 0.440. The largest absolute Gasteiger partial charge is 1.00 e. The Labute approximate surface area is 196 Å². The molecule has 2 aliphatic carbocycles. The molecule has 1 aromatic rings. The van der Waals surface area contributed by atoms with Crippen molar-refractivity contribution in [3.05, 3.63) is 29.3 Å². The molecule has 0 bridgehead atoms. The summed E-state index contributed by atoms with van der Waals surface area (Å²) in [7, 11) is 0. The number of carboxylic acids is 1. The minimum Gasteiger partial charge on any atom is -0.546 e. The maximum Gasteiger partial charge on any atom is 1.00 e. The summed E-state index contributed by atoms with van der Waals surface area (Å²) < 4.78 is 5.44. The average molecular weight is 413 g/mol. The minimum absolute atomic E-state index is 0. The number of aliphatic carboxylic acids is 1. The molecule has 2 aliphatic rings. The summed E-state index contributed by atoms with van der Waals surface area (Å²) in [6, 6.07) is 5.80. The third kappa shape index (κ3) is 6.44. The molecule has 0 radical (unpaired) electrons. The first-order valence-electron chi connectivity index (χ1n) is 10.8. The zero-order valence-electron chi connectivity index (χ0n) is 17.8. The third-order valence-electron chi connectivity index (χ3n) is 6.67. The number of benzene rings is 1. The quantitative estimate of drug-likeness (QED) is 0.390. The number of carbonyl (C=O) groups is 1. The van der Waals surface area contributed by atoms with E-state index in [2.05, 4.69) is 13.0 Å². The van der Waals surface area contributed by atoms with Crippen molar-refractivity contribution in [2.24, 2.45) is 17.8 Å². The second-order valence-electron chi connectivity index (χ2n) is 8.58. The molecule has 6 heteroatoms. The molecule has 1 aromatic carbocycles. The number of carboxylic acid groups (broad SMARTS) is 1. The first-order chi connectivity index (χ1) is 13.5. The van der Waals surface area contributed by atoms with Gasteiger partial charge in [0, 0.05) is 0 Å². The number of aliphatic hydroxyl groups excluding tert-OH is 2. The van der Waals surface area contributed by atoms with Crippen molar-refractivity contribution in [3.8, 4) is 5.75 Å². The first kappa shape index (κ1) is 24.7. The third-order valence-corrected chi connectivity index (χ3v) is 6.67. The van der Waals surface area contributed by atoms with Gasteiger partial charge in [-0.3, -0.25) is 0 Å². The van der Waals surface area contributed by atoms with Crippen LogP contribution in [0.3, 0.4) is 0 Å². The summed E-state index contributed by atoms with van der Waals surface area (Å²) in [5.41, 5.74) is 2.28. The van der Waals surface area contributed by atoms with Crippen molar-refractivity contribution in [2.45, 2.75) is 76.9 Å². The Hall–Kier alpha value is -0.590. The summed E-state index contributed by atoms with van der Waals surface area (Å²) in [6.45, 7) is 1.73. The maximum atomic E-state index is 10.7. The Morgan fingerprint density at radius 3 is 2.79 bits per heavy atom. The molecule has 29 heavy (non-hydrogen) atoms. The summed E-state index contributed by atoms with van der Waals surface area (Å²) in [6.07, 6.45) is 7.76. The number of carbonyl (C=O) groups excluding carboxylic acids is 1. The van der Waals surface area contributed by atoms with E-state index in [9.17, 15) is 20.1 Å². The number of rotatable bonds is 10. The zero-order chi connectivity index (χ0) is 20.1. The molecule has 0 aromatic heterocycles. The topological polar surface area (TPSA) is 89.8 Å². The van der Waals surface area contributed by atoms with Gasteiger partial charge in [0.2, 0.25) is 0 Å². The molecule has 3 rings (SSSR count). The van der Waals surface area contributed by atoms with Crippen LogP contribution in [-0.2, 0) is 17.6 Å². The number of ether oxygens (including phenoxy) is 1. The first-order valence-corrected chi connectivity index (χ1v) is 10.8. The van der Waals surface area contributed by atoms with Gasteiger partial charge in [0.05, 0.1) is 18.2 Å². The average Bonchev–Trinajstić information content (AvgIpc) is 2.97. The van der Waals surface area contributed by atoms with Crippen molar-refractivity contribution in [3.63, 3.8) is 0 Å². The molecule has 0 spiro atoms. The molecule has 0 saturated heterocycles. The van der Waals surface area contributed by atoms with Gasteiger partial charge >= 0.3 is 29.6 Å². The maximum absolute atomic E-state index is 10.7. The Morgan fingerprint density at radius 2 is 2.07 bits per heavy atom. The van der Waals surface area contributed by atoms with Crippen LogP contribution in [0.25, 0.3) is 0 Å². The molecule has 156 valence electrons. The van der Waals surface area contributed by atoms with E-state index in [1.165, 1.54) is 5.56 Å². The second-order valence-corrected chi connectivity index (χ2v) is 8.58. The molecule has 3 unspecified atom stereocenters. The normalized spacial score (nSPS) is 26.2. The molecular weight excluding hydrogens is 379 g/mol. The molecule has 0 amide bonds. The van der Waals surface area contributed by atoms with E-state index in [1.807, 2.05) is 12.1 Å². The van der Waals surface area contributed by atoms with Gasteiger partial charge in [-0.25, -0.2) is 0 Å². The van der Waals surface area contributed by atoms with E-state index in [4.69, 9.17) is 4.74 Å². The Morgan fingerprint density at radius 1 is 1.28 bits per heavy atom. The number of unbranched alkanes of at least 4 members (excludes halogenated alkanes) is 2. The van der Waals surface area contributed by atoms with Crippen LogP contribution in [0, 0.1) is 17.8 Å². The van der Waals surface area contributed by atoms with Gasteiger partial charge in [-0.05, 0) is 73.5 Å². The Balaban J connectivity index is 0.00000300. The van der Waals surface area contributed by atoms with Gasteiger partial charge < -0.3 is 24.9 Å². The van der Waals surface area contributed by atoms with Crippen LogP contribution in [-0.4, -0.2) is 35.0 Å². The van der Waals surface area contributed by atoms with E-state index in [0.717, 1.165) is 63.4 Å². The van der Waals surface area contributed by atoms with E-state index in [-0.39, 0.29) is 47.7 Å². The predicted molar refractivity (Wildman–Crippen MR) is 105 cm³/mol. The number of hydrogen-bond donors (Lipinski definition) is 2. The van der Waals surface area contributed by atoms with Crippen LogP contribution >= 0.6 is 0 Å². The molecule has 2 N–H and O–H groups in total. The fourth-order valence-corrected chi connectivity index (χ4v) is 5.24. The van der Waals surface area contributed by atoms with E-state index >= 15 is 0 Å². The van der Waals surface area contributed by atoms with E-state index in [0.29, 0.717) is 17.6 Å². The molecule has 1 fully saturated rings. The SMILES string of the molecule is CCCCCC(O)CCC1C(O)C[C@@H]2Cc3c(cccc3OCC(=O)[O-])C[C@@H]12.[Na+]. The summed E-state index contributed by atoms with van der Waals surface area (Å²) in [4.78, 5) is 10.7. The summed E-state index contributed by atoms with van der Waals surface area (Å²) >= 11 is 0. The smallest absolute Gasteiger partial charge is 0.546 e. The molecule has 1 saturated carbocycles. The van der Waals surface area contributed by atoms with Gasteiger partial charge in [0.15, 0.2) is 0 Å². The molecule has 0 aliphatic heterocycles. The van der Waals surface area contributed by atoms with Crippen molar-refractivity contribution in [1.82, 2.24) is 0 Å². The van der Waals surface area contributed by atoms with Gasteiger partial charge in [0.25, 0.3) is 0 Å². The monoisotopic (exact) mass is 412 g/mol. The Bertz CT molecular complexity index is 665. The van der Waals surface area contributed by atoms with Gasteiger partial charge in [-0.2, -0.15) is 0 Å². The number of fused-ring (bicyclic) bond motifs is 2. The predicted octanol–water partition coefficient (Wildman–Crippen LogP) is -0.747. The van der Waals surface area contributed by atoms with E-state index in [1.54, 1.807) is 0 Å². The second kappa shape index (κ2) is 11.7. The van der Waals surface area contributed by atoms with Gasteiger partial charge in [-0.1, -0.05) is 38.3 Å². The van der Waals surface area contributed by atoms with Crippen molar-refractivity contribution in [1.29, 1.82) is 0 Å². The fraction of sp³-hybridized carbons (Fsp3) is 0.696. The molecular formula is C23H33NaO5. The van der Waals surface area contributed by atoms with Crippen molar-refractivity contribution < 1.29 is 54.4 Å². The standard InChI is InChI=1S/C23H34O5.Na/c1-2-3-4-7-17(24)9-10-18-19-11-15-6-5-8-22(28-14-23(26)27)20(15)12-16(19)13-21(18)25;/h5-6,8,16-19,21,24-25H,2-4,7,9-14H2,1H3,(H,26,27);/q;+1/p-1/t16-,17?,18?,19+,21?;/m0./s1. The van der Waals surface area contributed by atoms with Crippen molar-refractivity contribution in [2.75, 3.05) is 6.61 Å². The van der Waals surface area contributed by atoms with Crippen molar-refractivity contribution >= 4 is 5.97 Å². The van der Waals surface area contributed by atoms with Crippen LogP contribution < -0.4 is 39.4 Å². The zero-order valence-corrected chi connectivity index (χ0v) is 19.8. The fourth-order valence-electron chi connectivity index (χ4n) is 5.24. The molecule has 5 atom stereocenters. The van der Waals surface area contributed by atoms with Crippen LogP contribution in [0.15, 0.2) is 18.2 Å². The van der Waals surface area contributed by atoms with Gasteiger partial charge in [-0.15, -0.1) is 0 Å².